The van der Waals surface area contributed by atoms with Crippen LogP contribution in [-0.4, -0.2) is 82.6 Å². The zero-order valence-electron chi connectivity index (χ0n) is 17.9. The number of nitrogens with zero attached hydrogens (tertiary/aromatic N) is 4. The van der Waals surface area contributed by atoms with Gasteiger partial charge in [0, 0.05) is 13.7 Å². The van der Waals surface area contributed by atoms with Gasteiger partial charge in [0.25, 0.3) is 0 Å². The maximum absolute atomic E-state index is 11.6. The third-order valence-corrected chi connectivity index (χ3v) is 5.82. The van der Waals surface area contributed by atoms with E-state index < -0.39 is 36.4 Å². The average molecular weight is 469 g/mol. The maximum Gasteiger partial charge on any atom is 0.406 e. The molecule has 12 nitrogen and oxygen atoms in total. The van der Waals surface area contributed by atoms with Gasteiger partial charge in [0.05, 0.1) is 19.0 Å². The van der Waals surface area contributed by atoms with Gasteiger partial charge in [-0.05, 0) is 31.9 Å². The Hall–Kier alpha value is -2.25. The lowest BCUT2D eigenvalue weighted by atomic mass is 10.1. The quantitative estimate of drug-likeness (QED) is 0.621. The molecule has 0 bridgehead atoms. The predicted octanol–water partition coefficient (Wildman–Crippen LogP) is 1.45. The molecule has 5 rings (SSSR count). The number of amides is 1. The van der Waals surface area contributed by atoms with Crippen LogP contribution in [0.25, 0.3) is 11.2 Å². The van der Waals surface area contributed by atoms with E-state index in [1.807, 2.05) is 13.8 Å². The van der Waals surface area contributed by atoms with E-state index in [-0.39, 0.29) is 17.9 Å². The van der Waals surface area contributed by atoms with E-state index in [2.05, 4.69) is 25.6 Å². The van der Waals surface area contributed by atoms with Crippen LogP contribution in [0.4, 0.5) is 10.6 Å². The molecule has 13 heteroatoms. The van der Waals surface area contributed by atoms with Crippen molar-refractivity contribution in [3.05, 3.63) is 11.6 Å². The molecule has 0 spiro atoms. The van der Waals surface area contributed by atoms with Crippen LogP contribution in [0, 0.1) is 0 Å². The van der Waals surface area contributed by atoms with E-state index in [1.54, 1.807) is 10.9 Å². The normalized spacial score (nSPS) is 31.1. The van der Waals surface area contributed by atoms with Crippen molar-refractivity contribution in [1.82, 2.24) is 24.8 Å². The molecule has 0 radical (unpaired) electrons. The van der Waals surface area contributed by atoms with Crippen molar-refractivity contribution in [3.8, 4) is 0 Å². The minimum absolute atomic E-state index is 0.00757. The Kier molecular flexibility index (Phi) is 5.58. The number of fused-ring (bicyclic) bond motifs is 2. The van der Waals surface area contributed by atoms with Crippen LogP contribution in [0.2, 0.25) is 5.28 Å². The first-order valence-electron chi connectivity index (χ1n) is 10.4. The van der Waals surface area contributed by atoms with Gasteiger partial charge in [0.2, 0.25) is 5.28 Å². The zero-order chi connectivity index (χ0) is 22.5. The monoisotopic (exact) mass is 468 g/mol. The maximum atomic E-state index is 11.6. The van der Waals surface area contributed by atoms with Crippen molar-refractivity contribution in [3.63, 3.8) is 0 Å². The topological polar surface area (TPSA) is 131 Å². The second-order valence-electron chi connectivity index (χ2n) is 8.35. The molecule has 3 fully saturated rings. The lowest BCUT2D eigenvalue weighted by Crippen LogP contribution is -2.35. The SMILES string of the molecule is CNC(=O)OCC1OC(n2cnc3c(N[C@@H]4CCOC4)nc(Cl)nc32)C2OC(C)(C)OC12. The van der Waals surface area contributed by atoms with Crippen molar-refractivity contribution in [2.24, 2.45) is 0 Å². The Morgan fingerprint density at radius 2 is 2.16 bits per heavy atom. The Balaban J connectivity index is 1.46. The molecule has 2 aromatic rings. The molecular formula is C19H25ClN6O6. The molecular weight excluding hydrogens is 444 g/mol. The van der Waals surface area contributed by atoms with Crippen LogP contribution in [0.15, 0.2) is 6.33 Å². The molecule has 2 aromatic heterocycles. The molecule has 5 heterocycles. The predicted molar refractivity (Wildman–Crippen MR) is 111 cm³/mol. The summed E-state index contributed by atoms with van der Waals surface area (Å²) in [5.74, 6) is -0.284. The summed E-state index contributed by atoms with van der Waals surface area (Å²) in [6.45, 7) is 4.95. The van der Waals surface area contributed by atoms with Gasteiger partial charge in [-0.1, -0.05) is 0 Å². The number of alkyl carbamates (subject to hydrolysis) is 1. The van der Waals surface area contributed by atoms with Gasteiger partial charge in [0.1, 0.15) is 24.9 Å². The highest BCUT2D eigenvalue weighted by molar-refractivity contribution is 6.28. The lowest BCUT2D eigenvalue weighted by Gasteiger charge is -2.24. The van der Waals surface area contributed by atoms with E-state index in [0.29, 0.717) is 30.2 Å². The Labute approximate surface area is 188 Å². The van der Waals surface area contributed by atoms with Gasteiger partial charge in [-0.15, -0.1) is 0 Å². The molecule has 1 amide bonds. The van der Waals surface area contributed by atoms with E-state index in [9.17, 15) is 4.79 Å². The fraction of sp³-hybridized carbons (Fsp3) is 0.684. The number of nitrogens with one attached hydrogen (secondary N) is 2. The summed E-state index contributed by atoms with van der Waals surface area (Å²) >= 11 is 6.23. The van der Waals surface area contributed by atoms with Crippen molar-refractivity contribution in [2.75, 3.05) is 32.2 Å². The van der Waals surface area contributed by atoms with Crippen LogP contribution in [0.3, 0.4) is 0 Å². The minimum atomic E-state index is -0.819. The van der Waals surface area contributed by atoms with E-state index in [1.165, 1.54) is 7.05 Å². The molecule has 32 heavy (non-hydrogen) atoms. The zero-order valence-corrected chi connectivity index (χ0v) is 18.7. The molecule has 5 atom stereocenters. The van der Waals surface area contributed by atoms with Crippen LogP contribution in [0.1, 0.15) is 26.5 Å². The van der Waals surface area contributed by atoms with Crippen molar-refractivity contribution >= 4 is 34.7 Å². The third-order valence-electron chi connectivity index (χ3n) is 5.65. The van der Waals surface area contributed by atoms with Crippen LogP contribution >= 0.6 is 11.6 Å². The Bertz CT molecular complexity index is 1010. The molecule has 3 saturated heterocycles. The summed E-state index contributed by atoms with van der Waals surface area (Å²) in [6, 6.07) is 0.125. The summed E-state index contributed by atoms with van der Waals surface area (Å²) in [5.41, 5.74) is 1.06. The number of carbonyl (C=O) groups is 1. The standard InChI is InChI=1S/C19H25ClN6O6/c1-19(2)31-12-10(7-29-18(27)21-3)30-16(13(12)32-19)26-8-22-11-14(23-9-4-5-28-6-9)24-17(20)25-15(11)26/h8-10,12-13,16H,4-7H2,1-3H3,(H,21,27)(H,23,24,25)/t9-,10?,12?,13?,16?/m1/s1. The number of ether oxygens (including phenoxy) is 5. The lowest BCUT2D eigenvalue weighted by molar-refractivity contribution is -0.199. The highest BCUT2D eigenvalue weighted by Crippen LogP contribution is 2.44. The second-order valence-corrected chi connectivity index (χ2v) is 8.69. The third kappa shape index (κ3) is 3.97. The molecule has 0 saturated carbocycles. The van der Waals surface area contributed by atoms with Crippen molar-refractivity contribution < 1.29 is 28.5 Å². The van der Waals surface area contributed by atoms with Gasteiger partial charge >= 0.3 is 6.09 Å². The van der Waals surface area contributed by atoms with Crippen LogP contribution in [-0.2, 0) is 23.7 Å². The highest BCUT2D eigenvalue weighted by Gasteiger charge is 2.56. The number of imidazole rings is 1. The molecule has 4 unspecified atom stereocenters. The summed E-state index contributed by atoms with van der Waals surface area (Å²) in [4.78, 5) is 24.8. The molecule has 3 aliphatic rings. The number of halogens is 1. The summed E-state index contributed by atoms with van der Waals surface area (Å²) in [5, 5.41) is 5.84. The smallest absolute Gasteiger partial charge is 0.406 e. The van der Waals surface area contributed by atoms with Crippen LogP contribution in [0.5, 0.6) is 0 Å². The van der Waals surface area contributed by atoms with Crippen molar-refractivity contribution in [2.45, 2.75) is 56.6 Å². The molecule has 3 aliphatic heterocycles. The van der Waals surface area contributed by atoms with Gasteiger partial charge in [-0.2, -0.15) is 9.97 Å². The molecule has 0 aromatic carbocycles. The van der Waals surface area contributed by atoms with E-state index in [0.717, 1.165) is 6.42 Å². The number of aromatic nitrogens is 4. The van der Waals surface area contributed by atoms with E-state index >= 15 is 0 Å². The number of carbonyl (C=O) groups excluding carboxylic acids is 1. The Morgan fingerprint density at radius 1 is 1.34 bits per heavy atom. The fourth-order valence-corrected chi connectivity index (χ4v) is 4.43. The van der Waals surface area contributed by atoms with Crippen LogP contribution < -0.4 is 10.6 Å². The molecule has 174 valence electrons. The van der Waals surface area contributed by atoms with Gasteiger partial charge in [0.15, 0.2) is 29.0 Å². The second kappa shape index (κ2) is 8.27. The van der Waals surface area contributed by atoms with Gasteiger partial charge in [-0.25, -0.2) is 9.78 Å². The average Bonchev–Trinajstić information content (AvgIpc) is 3.50. The van der Waals surface area contributed by atoms with Gasteiger partial charge < -0.3 is 34.3 Å². The Morgan fingerprint density at radius 3 is 2.91 bits per heavy atom. The van der Waals surface area contributed by atoms with Crippen molar-refractivity contribution in [1.29, 1.82) is 0 Å². The van der Waals surface area contributed by atoms with E-state index in [4.69, 9.17) is 35.3 Å². The number of rotatable bonds is 5. The summed E-state index contributed by atoms with van der Waals surface area (Å²) in [7, 11) is 1.49. The number of hydrogen-bond donors (Lipinski definition) is 2. The summed E-state index contributed by atoms with van der Waals surface area (Å²) in [6.07, 6.45) is -0.120. The highest BCUT2D eigenvalue weighted by atomic mass is 35.5. The molecule has 0 aliphatic carbocycles. The first kappa shape index (κ1) is 21.6. The first-order valence-corrected chi connectivity index (χ1v) is 10.8. The number of anilines is 1. The minimum Gasteiger partial charge on any atom is -0.447 e. The first-order chi connectivity index (χ1) is 15.3. The molecule has 2 N–H and O–H groups in total. The summed E-state index contributed by atoms with van der Waals surface area (Å²) < 4.78 is 30.8. The largest absolute Gasteiger partial charge is 0.447 e. The fourth-order valence-electron chi connectivity index (χ4n) is 4.27. The number of hydrogen-bond acceptors (Lipinski definition) is 10. The van der Waals surface area contributed by atoms with Gasteiger partial charge in [-0.3, -0.25) is 4.57 Å².